The van der Waals surface area contributed by atoms with Gasteiger partial charge in [-0.1, -0.05) is 50.2 Å². The standard InChI is InChI=1S/C19H19NO2/c1-3-13(2)15-10-8-14(9-11-15)12-20-18(21)16-6-4-5-7-17(16)19(20)22/h4-11,13H,3,12H2,1-2H3. The number of carbonyl (C=O) groups is 2. The van der Waals surface area contributed by atoms with Gasteiger partial charge >= 0.3 is 0 Å². The van der Waals surface area contributed by atoms with Crippen LogP contribution < -0.4 is 0 Å². The topological polar surface area (TPSA) is 37.4 Å². The van der Waals surface area contributed by atoms with Crippen molar-refractivity contribution >= 4 is 11.8 Å². The third-order valence-electron chi connectivity index (χ3n) is 4.38. The summed E-state index contributed by atoms with van der Waals surface area (Å²) >= 11 is 0. The molecule has 1 unspecified atom stereocenters. The first-order valence-corrected chi connectivity index (χ1v) is 7.66. The van der Waals surface area contributed by atoms with Crippen molar-refractivity contribution in [1.29, 1.82) is 0 Å². The number of amides is 2. The second-order valence-corrected chi connectivity index (χ2v) is 5.79. The van der Waals surface area contributed by atoms with Gasteiger partial charge in [-0.05, 0) is 35.6 Å². The fourth-order valence-corrected chi connectivity index (χ4v) is 2.75. The molecular formula is C19H19NO2. The summed E-state index contributed by atoms with van der Waals surface area (Å²) in [6.07, 6.45) is 1.09. The maximum Gasteiger partial charge on any atom is 0.261 e. The van der Waals surface area contributed by atoms with Crippen molar-refractivity contribution in [2.75, 3.05) is 0 Å². The van der Waals surface area contributed by atoms with Crippen molar-refractivity contribution in [3.8, 4) is 0 Å². The van der Waals surface area contributed by atoms with E-state index in [4.69, 9.17) is 0 Å². The minimum atomic E-state index is -0.202. The molecule has 2 aromatic carbocycles. The Kier molecular flexibility index (Phi) is 3.80. The van der Waals surface area contributed by atoms with Gasteiger partial charge in [-0.25, -0.2) is 0 Å². The average molecular weight is 293 g/mol. The highest BCUT2D eigenvalue weighted by Gasteiger charge is 2.34. The van der Waals surface area contributed by atoms with Crippen molar-refractivity contribution in [2.24, 2.45) is 0 Å². The van der Waals surface area contributed by atoms with Gasteiger partial charge in [0.25, 0.3) is 11.8 Å². The molecule has 3 nitrogen and oxygen atoms in total. The highest BCUT2D eigenvalue weighted by Crippen LogP contribution is 2.25. The number of hydrogen-bond donors (Lipinski definition) is 0. The number of imide groups is 1. The van der Waals surface area contributed by atoms with Gasteiger partial charge in [-0.2, -0.15) is 0 Å². The molecule has 2 aromatic rings. The third kappa shape index (κ3) is 2.43. The molecule has 0 saturated heterocycles. The van der Waals surface area contributed by atoms with Gasteiger partial charge < -0.3 is 0 Å². The van der Waals surface area contributed by atoms with Gasteiger partial charge in [-0.15, -0.1) is 0 Å². The highest BCUT2D eigenvalue weighted by molar-refractivity contribution is 6.21. The van der Waals surface area contributed by atoms with Gasteiger partial charge in [0.2, 0.25) is 0 Å². The lowest BCUT2D eigenvalue weighted by Gasteiger charge is -2.15. The lowest BCUT2D eigenvalue weighted by atomic mass is 9.97. The normalized spacial score (nSPS) is 15.1. The first-order chi connectivity index (χ1) is 10.6. The molecule has 0 radical (unpaired) electrons. The Balaban J connectivity index is 1.80. The van der Waals surface area contributed by atoms with E-state index in [1.807, 2.05) is 12.1 Å². The van der Waals surface area contributed by atoms with Crippen LogP contribution in [0.4, 0.5) is 0 Å². The Hall–Kier alpha value is -2.42. The highest BCUT2D eigenvalue weighted by atomic mass is 16.2. The number of rotatable bonds is 4. The number of hydrogen-bond acceptors (Lipinski definition) is 2. The van der Waals surface area contributed by atoms with E-state index in [-0.39, 0.29) is 11.8 Å². The SMILES string of the molecule is CCC(C)c1ccc(CN2C(=O)c3ccccc3C2=O)cc1. The molecule has 0 N–H and O–H groups in total. The van der Waals surface area contributed by atoms with E-state index in [1.54, 1.807) is 24.3 Å². The lowest BCUT2D eigenvalue weighted by Crippen LogP contribution is -2.29. The second-order valence-electron chi connectivity index (χ2n) is 5.79. The van der Waals surface area contributed by atoms with Crippen LogP contribution in [-0.2, 0) is 6.54 Å². The Morgan fingerprint density at radius 1 is 0.909 bits per heavy atom. The monoisotopic (exact) mass is 293 g/mol. The molecule has 0 aliphatic carbocycles. The summed E-state index contributed by atoms with van der Waals surface area (Å²) in [7, 11) is 0. The fourth-order valence-electron chi connectivity index (χ4n) is 2.75. The Morgan fingerprint density at radius 2 is 1.45 bits per heavy atom. The van der Waals surface area contributed by atoms with Crippen molar-refractivity contribution in [1.82, 2.24) is 4.90 Å². The first-order valence-electron chi connectivity index (χ1n) is 7.66. The van der Waals surface area contributed by atoms with Gasteiger partial charge in [0.1, 0.15) is 0 Å². The number of nitrogens with zero attached hydrogens (tertiary/aromatic N) is 1. The molecule has 3 rings (SSSR count). The maximum atomic E-state index is 12.3. The molecular weight excluding hydrogens is 274 g/mol. The number of carbonyl (C=O) groups excluding carboxylic acids is 2. The Labute approximate surface area is 130 Å². The minimum absolute atomic E-state index is 0.202. The van der Waals surface area contributed by atoms with Crippen molar-refractivity contribution in [2.45, 2.75) is 32.7 Å². The van der Waals surface area contributed by atoms with Crippen LogP contribution in [0.15, 0.2) is 48.5 Å². The van der Waals surface area contributed by atoms with Crippen molar-refractivity contribution in [3.05, 3.63) is 70.8 Å². The fraction of sp³-hybridized carbons (Fsp3) is 0.263. The average Bonchev–Trinajstić information content (AvgIpc) is 2.80. The molecule has 112 valence electrons. The van der Waals surface area contributed by atoms with Crippen LogP contribution in [0.1, 0.15) is 58.0 Å². The van der Waals surface area contributed by atoms with Gasteiger partial charge in [-0.3, -0.25) is 14.5 Å². The van der Waals surface area contributed by atoms with Crippen molar-refractivity contribution < 1.29 is 9.59 Å². The molecule has 1 aliphatic rings. The van der Waals surface area contributed by atoms with E-state index in [0.29, 0.717) is 23.6 Å². The molecule has 1 atom stereocenters. The van der Waals surface area contributed by atoms with E-state index >= 15 is 0 Å². The van der Waals surface area contributed by atoms with Crippen LogP contribution in [0.5, 0.6) is 0 Å². The van der Waals surface area contributed by atoms with Crippen LogP contribution in [0, 0.1) is 0 Å². The summed E-state index contributed by atoms with van der Waals surface area (Å²) in [6.45, 7) is 4.68. The lowest BCUT2D eigenvalue weighted by molar-refractivity contribution is 0.0642. The van der Waals surface area contributed by atoms with Crippen molar-refractivity contribution in [3.63, 3.8) is 0 Å². The van der Waals surface area contributed by atoms with E-state index in [0.717, 1.165) is 12.0 Å². The van der Waals surface area contributed by atoms with Crippen LogP contribution in [0.25, 0.3) is 0 Å². The van der Waals surface area contributed by atoms with Gasteiger partial charge in [0, 0.05) is 0 Å². The molecule has 1 heterocycles. The predicted molar refractivity (Wildman–Crippen MR) is 85.8 cm³/mol. The van der Waals surface area contributed by atoms with E-state index in [9.17, 15) is 9.59 Å². The number of benzene rings is 2. The molecule has 0 bridgehead atoms. The zero-order chi connectivity index (χ0) is 15.7. The largest absolute Gasteiger partial charge is 0.270 e. The molecule has 0 spiro atoms. The zero-order valence-electron chi connectivity index (χ0n) is 12.9. The Morgan fingerprint density at radius 3 is 1.95 bits per heavy atom. The van der Waals surface area contributed by atoms with Crippen LogP contribution >= 0.6 is 0 Å². The molecule has 0 fully saturated rings. The summed E-state index contributed by atoms with van der Waals surface area (Å²) in [6, 6.07) is 15.2. The summed E-state index contributed by atoms with van der Waals surface area (Å²) in [5, 5.41) is 0. The summed E-state index contributed by atoms with van der Waals surface area (Å²) < 4.78 is 0. The third-order valence-corrected chi connectivity index (χ3v) is 4.38. The summed E-state index contributed by atoms with van der Waals surface area (Å²) in [5.41, 5.74) is 3.27. The Bertz CT molecular complexity index is 683. The van der Waals surface area contributed by atoms with E-state index in [2.05, 4.69) is 26.0 Å². The molecule has 22 heavy (non-hydrogen) atoms. The molecule has 3 heteroatoms. The van der Waals surface area contributed by atoms with Crippen LogP contribution in [0.3, 0.4) is 0 Å². The van der Waals surface area contributed by atoms with E-state index < -0.39 is 0 Å². The molecule has 1 aliphatic heterocycles. The maximum absolute atomic E-state index is 12.3. The second kappa shape index (κ2) is 5.76. The van der Waals surface area contributed by atoms with E-state index in [1.165, 1.54) is 10.5 Å². The van der Waals surface area contributed by atoms with Gasteiger partial charge in [0.05, 0.1) is 17.7 Å². The van der Waals surface area contributed by atoms with Crippen LogP contribution in [-0.4, -0.2) is 16.7 Å². The smallest absolute Gasteiger partial charge is 0.261 e. The molecule has 0 saturated carbocycles. The van der Waals surface area contributed by atoms with Crippen LogP contribution in [0.2, 0.25) is 0 Å². The van der Waals surface area contributed by atoms with Gasteiger partial charge in [0.15, 0.2) is 0 Å². The number of fused-ring (bicyclic) bond motifs is 1. The quantitative estimate of drug-likeness (QED) is 0.799. The first kappa shape index (κ1) is 14.5. The molecule has 0 aromatic heterocycles. The molecule has 2 amide bonds. The zero-order valence-corrected chi connectivity index (χ0v) is 12.9. The predicted octanol–water partition coefficient (Wildman–Crippen LogP) is 4.00. The minimum Gasteiger partial charge on any atom is -0.270 e. The summed E-state index contributed by atoms with van der Waals surface area (Å²) in [5.74, 6) is 0.117. The summed E-state index contributed by atoms with van der Waals surface area (Å²) in [4.78, 5) is 26.0.